The number of carbonyl (C=O) groups is 2. The molecule has 3 saturated heterocycles. The number of fused-ring (bicyclic) bond motifs is 9. The van der Waals surface area contributed by atoms with Crippen molar-refractivity contribution in [2.45, 2.75) is 83.2 Å². The highest BCUT2D eigenvalue weighted by Crippen LogP contribution is 2.65. The maximum atomic E-state index is 12.7. The maximum absolute atomic E-state index is 12.7. The largest absolute Gasteiger partial charge is 0.363 e. The molecular weight excluding hydrogens is 304 g/mol. The van der Waals surface area contributed by atoms with Crippen LogP contribution in [-0.4, -0.2) is 35.0 Å². The van der Waals surface area contributed by atoms with Gasteiger partial charge in [-0.1, -0.05) is 19.4 Å². The number of hydrogen-bond donors (Lipinski definition) is 0. The van der Waals surface area contributed by atoms with Gasteiger partial charge in [0.1, 0.15) is 11.2 Å². The number of ketones is 2. The summed E-state index contributed by atoms with van der Waals surface area (Å²) in [5, 5.41) is 0. The first kappa shape index (κ1) is 15.3. The van der Waals surface area contributed by atoms with Crippen LogP contribution in [0, 0.1) is 17.3 Å². The van der Waals surface area contributed by atoms with E-state index in [4.69, 9.17) is 9.47 Å². The molecule has 4 heteroatoms. The Morgan fingerprint density at radius 1 is 0.958 bits per heavy atom. The van der Waals surface area contributed by atoms with E-state index in [-0.39, 0.29) is 35.1 Å². The zero-order valence-corrected chi connectivity index (χ0v) is 15.0. The van der Waals surface area contributed by atoms with Crippen molar-refractivity contribution in [2.24, 2.45) is 17.3 Å². The molecule has 4 aliphatic heterocycles. The molecule has 5 aliphatic rings. The van der Waals surface area contributed by atoms with E-state index < -0.39 is 11.2 Å². The van der Waals surface area contributed by atoms with Crippen LogP contribution >= 0.6 is 0 Å². The first-order valence-corrected chi connectivity index (χ1v) is 9.36. The number of carbonyl (C=O) groups excluding carboxylic acids is 2. The first-order chi connectivity index (χ1) is 11.2. The van der Waals surface area contributed by atoms with Gasteiger partial charge in [-0.25, -0.2) is 0 Å². The minimum atomic E-state index is -0.772. The molecule has 0 spiro atoms. The lowest BCUT2D eigenvalue weighted by molar-refractivity contribution is -0.173. The fourth-order valence-electron chi connectivity index (χ4n) is 6.48. The van der Waals surface area contributed by atoms with Crippen LogP contribution in [0.25, 0.3) is 0 Å². The van der Waals surface area contributed by atoms with E-state index in [2.05, 4.69) is 13.8 Å². The van der Waals surface area contributed by atoms with Gasteiger partial charge in [-0.3, -0.25) is 9.59 Å². The molecule has 4 heterocycles. The molecule has 3 fully saturated rings. The van der Waals surface area contributed by atoms with Crippen molar-refractivity contribution < 1.29 is 19.1 Å². The van der Waals surface area contributed by atoms with Crippen molar-refractivity contribution in [3.63, 3.8) is 0 Å². The van der Waals surface area contributed by atoms with E-state index in [0.717, 1.165) is 19.3 Å². The summed E-state index contributed by atoms with van der Waals surface area (Å²) in [6.07, 6.45) is 3.90. The maximum Gasteiger partial charge on any atom is 0.168 e. The summed E-state index contributed by atoms with van der Waals surface area (Å²) in [7, 11) is 0. The van der Waals surface area contributed by atoms with Gasteiger partial charge in [0.25, 0.3) is 0 Å². The Kier molecular flexibility index (Phi) is 2.68. The van der Waals surface area contributed by atoms with Crippen molar-refractivity contribution in [1.29, 1.82) is 0 Å². The third-order valence-electron chi connectivity index (χ3n) is 7.80. The Bertz CT molecular complexity index is 704. The van der Waals surface area contributed by atoms with Gasteiger partial charge in [-0.05, 0) is 44.6 Å². The lowest BCUT2D eigenvalue weighted by atomic mass is 9.62. The summed E-state index contributed by atoms with van der Waals surface area (Å²) in [5.41, 5.74) is 0.884. The minimum absolute atomic E-state index is 0.0526. The number of rotatable bonds is 0. The van der Waals surface area contributed by atoms with Gasteiger partial charge in [0.05, 0.1) is 12.2 Å². The zero-order valence-electron chi connectivity index (χ0n) is 15.0. The molecule has 130 valence electrons. The monoisotopic (exact) mass is 330 g/mol. The van der Waals surface area contributed by atoms with Gasteiger partial charge in [-0.15, -0.1) is 0 Å². The van der Waals surface area contributed by atoms with E-state index in [9.17, 15) is 9.59 Å². The molecule has 0 aromatic rings. The van der Waals surface area contributed by atoms with Gasteiger partial charge in [0.2, 0.25) is 0 Å². The average molecular weight is 330 g/mol. The number of ether oxygens (including phenoxy) is 2. The Morgan fingerprint density at radius 3 is 2.42 bits per heavy atom. The summed E-state index contributed by atoms with van der Waals surface area (Å²) in [6, 6.07) is 0. The van der Waals surface area contributed by atoms with Gasteiger partial charge >= 0.3 is 0 Å². The molecule has 4 bridgehead atoms. The Labute approximate surface area is 143 Å². The van der Waals surface area contributed by atoms with Crippen LogP contribution in [0.3, 0.4) is 0 Å². The Hall–Kier alpha value is -1.00. The highest BCUT2D eigenvalue weighted by Gasteiger charge is 2.68. The van der Waals surface area contributed by atoms with Crippen molar-refractivity contribution in [1.82, 2.24) is 0 Å². The van der Waals surface area contributed by atoms with Crippen LogP contribution in [0.15, 0.2) is 11.1 Å². The highest BCUT2D eigenvalue weighted by molar-refractivity contribution is 5.93. The van der Waals surface area contributed by atoms with E-state index in [0.29, 0.717) is 18.8 Å². The van der Waals surface area contributed by atoms with Crippen molar-refractivity contribution in [3.8, 4) is 0 Å². The molecule has 0 N–H and O–H groups in total. The van der Waals surface area contributed by atoms with Crippen LogP contribution in [0.4, 0.5) is 0 Å². The molecule has 1 aliphatic carbocycles. The standard InChI is InChI=1S/C20H26O4/c1-18(2)15-8-7-13(21)19(3,24-15)11-9-10-12-5-6-14(22)20(4,23-12)16(10)17(11)18/h10,12,15-16H,5-9H2,1-4H3/t10?,12-,15-,16?,19-,20+/m0/s1. The molecule has 6 atom stereocenters. The molecular formula is C20H26O4. The molecule has 2 unspecified atom stereocenters. The Morgan fingerprint density at radius 2 is 1.67 bits per heavy atom. The van der Waals surface area contributed by atoms with Crippen LogP contribution in [0.2, 0.25) is 0 Å². The normalized spacial score (nSPS) is 51.7. The minimum Gasteiger partial charge on any atom is -0.363 e. The van der Waals surface area contributed by atoms with E-state index in [1.54, 1.807) is 0 Å². The van der Waals surface area contributed by atoms with Gasteiger partial charge in [0.15, 0.2) is 11.6 Å². The molecule has 24 heavy (non-hydrogen) atoms. The van der Waals surface area contributed by atoms with Crippen molar-refractivity contribution >= 4 is 11.6 Å². The second kappa shape index (κ2) is 4.21. The molecule has 0 aromatic carbocycles. The molecule has 0 radical (unpaired) electrons. The van der Waals surface area contributed by atoms with Crippen LogP contribution in [-0.2, 0) is 19.1 Å². The lowest BCUT2D eigenvalue weighted by Crippen LogP contribution is -2.58. The smallest absolute Gasteiger partial charge is 0.168 e. The van der Waals surface area contributed by atoms with Gasteiger partial charge in [0, 0.05) is 24.2 Å². The third-order valence-corrected chi connectivity index (χ3v) is 7.80. The molecule has 0 aromatic heterocycles. The second-order valence-electron chi connectivity index (χ2n) is 9.29. The van der Waals surface area contributed by atoms with Crippen LogP contribution < -0.4 is 0 Å². The quantitative estimate of drug-likeness (QED) is 0.641. The van der Waals surface area contributed by atoms with Crippen LogP contribution in [0.5, 0.6) is 0 Å². The van der Waals surface area contributed by atoms with Gasteiger partial charge in [-0.2, -0.15) is 0 Å². The van der Waals surface area contributed by atoms with E-state index >= 15 is 0 Å². The van der Waals surface area contributed by atoms with Crippen molar-refractivity contribution in [2.75, 3.05) is 0 Å². The SMILES string of the molecule is CC1(C)C2=C(CC3C2[C@]2(C)O[C@H]3CCC2=O)[C@]2(C)O[C@H]1CCC2=O. The van der Waals surface area contributed by atoms with E-state index in [1.807, 2.05) is 13.8 Å². The summed E-state index contributed by atoms with van der Waals surface area (Å²) < 4.78 is 12.6. The number of hydrogen-bond acceptors (Lipinski definition) is 4. The Balaban J connectivity index is 1.73. The summed E-state index contributed by atoms with van der Waals surface area (Å²) in [4.78, 5) is 25.5. The predicted octanol–water partition coefficient (Wildman–Crippen LogP) is 2.99. The fraction of sp³-hybridized carbons (Fsp3) is 0.800. The third kappa shape index (κ3) is 1.49. The lowest BCUT2D eigenvalue weighted by Gasteiger charge is -2.53. The second-order valence-corrected chi connectivity index (χ2v) is 9.29. The van der Waals surface area contributed by atoms with Gasteiger partial charge < -0.3 is 9.47 Å². The highest BCUT2D eigenvalue weighted by atomic mass is 16.5. The molecule has 5 rings (SSSR count). The molecule has 0 saturated carbocycles. The van der Waals surface area contributed by atoms with E-state index in [1.165, 1.54) is 11.1 Å². The average Bonchev–Trinajstić information content (AvgIpc) is 3.03. The molecule has 4 nitrogen and oxygen atoms in total. The molecule has 0 amide bonds. The summed E-state index contributed by atoms with van der Waals surface area (Å²) in [5.74, 6) is 0.908. The summed E-state index contributed by atoms with van der Waals surface area (Å²) >= 11 is 0. The van der Waals surface area contributed by atoms with Crippen LogP contribution in [0.1, 0.15) is 59.8 Å². The predicted molar refractivity (Wildman–Crippen MR) is 87.4 cm³/mol. The zero-order chi connectivity index (χ0) is 17.1. The fourth-order valence-corrected chi connectivity index (χ4v) is 6.48. The summed E-state index contributed by atoms with van der Waals surface area (Å²) in [6.45, 7) is 8.43. The number of Topliss-reactive ketones (excluding diaryl/α,β-unsaturated/α-hetero) is 2. The van der Waals surface area contributed by atoms with Crippen molar-refractivity contribution in [3.05, 3.63) is 11.1 Å². The topological polar surface area (TPSA) is 52.6 Å². The first-order valence-electron chi connectivity index (χ1n) is 9.36.